The first kappa shape index (κ1) is 12.2. The molecule has 86 valence electrons. The first-order chi connectivity index (χ1) is 6.99. The molecule has 1 rings (SSSR count). The highest BCUT2D eigenvalue weighted by Gasteiger charge is 2.11. The van der Waals surface area contributed by atoms with Gasteiger partial charge >= 0.3 is 0 Å². The predicted octanol–water partition coefficient (Wildman–Crippen LogP) is 0.0352. The lowest BCUT2D eigenvalue weighted by atomic mass is 10.3. The maximum Gasteiger partial charge on any atom is 0.152 e. The van der Waals surface area contributed by atoms with Gasteiger partial charge < -0.3 is 5.73 Å². The Morgan fingerprint density at radius 3 is 2.73 bits per heavy atom. The summed E-state index contributed by atoms with van der Waals surface area (Å²) in [5.74, 6) is 0.285. The Morgan fingerprint density at radius 1 is 1.47 bits per heavy atom. The normalized spacial score (nSPS) is 14.0. The lowest BCUT2D eigenvalue weighted by Crippen LogP contribution is -2.23. The molecule has 1 atom stereocenters. The highest BCUT2D eigenvalue weighted by Crippen LogP contribution is 1.98. The average Bonchev–Trinajstić information content (AvgIpc) is 2.65. The molecule has 0 saturated heterocycles. The minimum Gasteiger partial charge on any atom is -0.328 e. The molecule has 0 spiro atoms. The molecule has 1 aromatic rings. The maximum atomic E-state index is 11.5. The molecule has 0 bridgehead atoms. The summed E-state index contributed by atoms with van der Waals surface area (Å²) in [4.78, 5) is 0. The van der Waals surface area contributed by atoms with Gasteiger partial charge in [0.1, 0.15) is 0 Å². The summed E-state index contributed by atoms with van der Waals surface area (Å²) in [6, 6.07) is 1.71. The van der Waals surface area contributed by atoms with Crippen molar-refractivity contribution >= 4 is 9.84 Å². The molecule has 0 radical (unpaired) electrons. The maximum absolute atomic E-state index is 11.5. The van der Waals surface area contributed by atoms with Gasteiger partial charge in [0.25, 0.3) is 0 Å². The van der Waals surface area contributed by atoms with Crippen LogP contribution in [0.1, 0.15) is 13.3 Å². The summed E-state index contributed by atoms with van der Waals surface area (Å²) < 4.78 is 24.7. The number of aromatic nitrogens is 2. The van der Waals surface area contributed by atoms with E-state index in [1.807, 2.05) is 6.92 Å². The van der Waals surface area contributed by atoms with Crippen molar-refractivity contribution in [2.24, 2.45) is 5.73 Å². The Kier molecular flexibility index (Phi) is 4.28. The summed E-state index contributed by atoms with van der Waals surface area (Å²) in [5.41, 5.74) is 5.51. The monoisotopic (exact) mass is 231 g/mol. The van der Waals surface area contributed by atoms with Crippen LogP contribution in [0.5, 0.6) is 0 Å². The van der Waals surface area contributed by atoms with Crippen molar-refractivity contribution in [3.63, 3.8) is 0 Å². The van der Waals surface area contributed by atoms with E-state index in [-0.39, 0.29) is 17.5 Å². The van der Waals surface area contributed by atoms with Crippen LogP contribution in [-0.2, 0) is 16.4 Å². The van der Waals surface area contributed by atoms with Crippen LogP contribution in [-0.4, -0.2) is 35.7 Å². The van der Waals surface area contributed by atoms with Crippen LogP contribution in [0.2, 0.25) is 0 Å². The first-order valence-electron chi connectivity index (χ1n) is 4.93. The van der Waals surface area contributed by atoms with E-state index < -0.39 is 9.84 Å². The SMILES string of the molecule is CC(N)CCS(=O)(=O)CCn1cccn1. The third kappa shape index (κ3) is 4.94. The van der Waals surface area contributed by atoms with Gasteiger partial charge in [0.15, 0.2) is 9.84 Å². The fraction of sp³-hybridized carbons (Fsp3) is 0.667. The zero-order valence-corrected chi connectivity index (χ0v) is 9.65. The molecule has 1 unspecified atom stereocenters. The molecule has 0 amide bonds. The number of hydrogen-bond donors (Lipinski definition) is 1. The van der Waals surface area contributed by atoms with Gasteiger partial charge in [-0.3, -0.25) is 4.68 Å². The van der Waals surface area contributed by atoms with E-state index in [2.05, 4.69) is 5.10 Å². The number of nitrogens with zero attached hydrogens (tertiary/aromatic N) is 2. The molecule has 2 N–H and O–H groups in total. The number of nitrogens with two attached hydrogens (primary N) is 1. The molecule has 0 aliphatic carbocycles. The molecule has 6 heteroatoms. The molecule has 0 fully saturated rings. The van der Waals surface area contributed by atoms with Crippen LogP contribution in [0.15, 0.2) is 18.5 Å². The number of hydrogen-bond acceptors (Lipinski definition) is 4. The molecular formula is C9H17N3O2S. The summed E-state index contributed by atoms with van der Waals surface area (Å²) >= 11 is 0. The molecule has 0 aliphatic rings. The Hall–Kier alpha value is -0.880. The van der Waals surface area contributed by atoms with Gasteiger partial charge in [-0.1, -0.05) is 0 Å². The van der Waals surface area contributed by atoms with Gasteiger partial charge in [-0.25, -0.2) is 8.42 Å². The van der Waals surface area contributed by atoms with Crippen LogP contribution >= 0.6 is 0 Å². The molecule has 5 nitrogen and oxygen atoms in total. The van der Waals surface area contributed by atoms with Gasteiger partial charge in [-0.2, -0.15) is 5.10 Å². The number of aryl methyl sites for hydroxylation is 1. The fourth-order valence-corrected chi connectivity index (χ4v) is 2.53. The fourth-order valence-electron chi connectivity index (χ4n) is 1.13. The first-order valence-corrected chi connectivity index (χ1v) is 6.75. The van der Waals surface area contributed by atoms with Crippen molar-refractivity contribution in [2.75, 3.05) is 11.5 Å². The van der Waals surface area contributed by atoms with Crippen molar-refractivity contribution in [2.45, 2.75) is 25.9 Å². The Bertz CT molecular complexity index is 370. The van der Waals surface area contributed by atoms with Crippen LogP contribution in [0.25, 0.3) is 0 Å². The second-order valence-corrected chi connectivity index (χ2v) is 5.99. The van der Waals surface area contributed by atoms with Gasteiger partial charge in [-0.05, 0) is 19.4 Å². The molecule has 0 aromatic carbocycles. The molecule has 0 saturated carbocycles. The second kappa shape index (κ2) is 5.27. The molecule has 1 heterocycles. The van der Waals surface area contributed by atoms with E-state index in [1.165, 1.54) is 0 Å². The van der Waals surface area contributed by atoms with Gasteiger partial charge in [0.05, 0.1) is 18.1 Å². The summed E-state index contributed by atoms with van der Waals surface area (Å²) in [6.45, 7) is 2.22. The van der Waals surface area contributed by atoms with Crippen LogP contribution < -0.4 is 5.73 Å². The van der Waals surface area contributed by atoms with Crippen LogP contribution in [0.4, 0.5) is 0 Å². The van der Waals surface area contributed by atoms with Gasteiger partial charge in [0, 0.05) is 18.4 Å². The Morgan fingerprint density at radius 2 is 2.20 bits per heavy atom. The zero-order chi connectivity index (χ0) is 11.3. The van der Waals surface area contributed by atoms with Crippen LogP contribution in [0, 0.1) is 0 Å². The summed E-state index contributed by atoms with van der Waals surface area (Å²) in [7, 11) is -2.99. The van der Waals surface area contributed by atoms with E-state index in [4.69, 9.17) is 5.73 Å². The second-order valence-electron chi connectivity index (χ2n) is 3.69. The highest BCUT2D eigenvalue weighted by atomic mass is 32.2. The third-order valence-corrected chi connectivity index (χ3v) is 3.74. The standard InChI is InChI=1S/C9H17N3O2S/c1-9(10)3-7-15(13,14)8-6-12-5-2-4-11-12/h2,4-5,9H,3,6-8,10H2,1H3. The van der Waals surface area contributed by atoms with E-state index in [0.29, 0.717) is 13.0 Å². The van der Waals surface area contributed by atoms with Crippen molar-refractivity contribution in [1.29, 1.82) is 0 Å². The molecule has 15 heavy (non-hydrogen) atoms. The third-order valence-electron chi connectivity index (χ3n) is 2.07. The predicted molar refractivity (Wildman–Crippen MR) is 59.1 cm³/mol. The van der Waals surface area contributed by atoms with E-state index >= 15 is 0 Å². The minimum absolute atomic E-state index is 0.0653. The van der Waals surface area contributed by atoms with E-state index in [0.717, 1.165) is 0 Å². The largest absolute Gasteiger partial charge is 0.328 e. The van der Waals surface area contributed by atoms with Crippen molar-refractivity contribution in [3.05, 3.63) is 18.5 Å². The topological polar surface area (TPSA) is 78.0 Å². The van der Waals surface area contributed by atoms with Crippen molar-refractivity contribution in [1.82, 2.24) is 9.78 Å². The summed E-state index contributed by atoms with van der Waals surface area (Å²) in [5, 5.41) is 3.94. The van der Waals surface area contributed by atoms with Crippen molar-refractivity contribution < 1.29 is 8.42 Å². The lowest BCUT2D eigenvalue weighted by molar-refractivity contribution is 0.573. The Balaban J connectivity index is 2.37. The zero-order valence-electron chi connectivity index (χ0n) is 8.83. The van der Waals surface area contributed by atoms with Gasteiger partial charge in [0.2, 0.25) is 0 Å². The van der Waals surface area contributed by atoms with E-state index in [1.54, 1.807) is 23.1 Å². The quantitative estimate of drug-likeness (QED) is 0.749. The van der Waals surface area contributed by atoms with Crippen LogP contribution in [0.3, 0.4) is 0 Å². The van der Waals surface area contributed by atoms with Gasteiger partial charge in [-0.15, -0.1) is 0 Å². The highest BCUT2D eigenvalue weighted by molar-refractivity contribution is 7.91. The molecule has 1 aromatic heterocycles. The molecular weight excluding hydrogens is 214 g/mol. The number of rotatable bonds is 6. The Labute approximate surface area is 90.2 Å². The van der Waals surface area contributed by atoms with E-state index in [9.17, 15) is 8.42 Å². The average molecular weight is 231 g/mol. The smallest absolute Gasteiger partial charge is 0.152 e. The minimum atomic E-state index is -2.99. The van der Waals surface area contributed by atoms with Crippen molar-refractivity contribution in [3.8, 4) is 0 Å². The lowest BCUT2D eigenvalue weighted by Gasteiger charge is -2.06. The molecule has 0 aliphatic heterocycles. The summed E-state index contributed by atoms with van der Waals surface area (Å²) in [6.07, 6.45) is 3.90. The number of sulfone groups is 1.